The van der Waals surface area contributed by atoms with E-state index in [1.807, 2.05) is 5.32 Å². The van der Waals surface area contributed by atoms with Gasteiger partial charge in [0.2, 0.25) is 5.91 Å². The van der Waals surface area contributed by atoms with Crippen molar-refractivity contribution < 1.29 is 37.0 Å². The Hall–Kier alpha value is -2.32. The van der Waals surface area contributed by atoms with Gasteiger partial charge in [-0.1, -0.05) is 18.2 Å². The van der Waals surface area contributed by atoms with E-state index in [-0.39, 0.29) is 12.0 Å². The second-order valence-corrected chi connectivity index (χ2v) is 5.09. The minimum Gasteiger partial charge on any atom is -0.480 e. The van der Waals surface area contributed by atoms with Gasteiger partial charge in [-0.05, 0) is 24.0 Å². The third-order valence-electron chi connectivity index (χ3n) is 3.44. The summed E-state index contributed by atoms with van der Waals surface area (Å²) < 4.78 is 53.5. The molecular weight excluding hydrogens is 322 g/mol. The van der Waals surface area contributed by atoms with Crippen molar-refractivity contribution in [3.05, 3.63) is 29.8 Å². The van der Waals surface area contributed by atoms with Crippen LogP contribution in [-0.2, 0) is 9.59 Å². The molecule has 0 saturated heterocycles. The van der Waals surface area contributed by atoms with Crippen LogP contribution in [0.4, 0.5) is 17.6 Å². The van der Waals surface area contributed by atoms with Gasteiger partial charge in [-0.25, -0.2) is 9.18 Å². The van der Waals surface area contributed by atoms with Gasteiger partial charge in [-0.2, -0.15) is 0 Å². The number of rotatable bonds is 6. The van der Waals surface area contributed by atoms with Crippen LogP contribution < -0.4 is 10.1 Å². The van der Waals surface area contributed by atoms with Crippen molar-refractivity contribution in [2.45, 2.75) is 24.7 Å². The number of alkyl halides is 4. The second kappa shape index (κ2) is 6.43. The van der Waals surface area contributed by atoms with Gasteiger partial charge in [0.25, 0.3) is 0 Å². The molecule has 126 valence electrons. The van der Waals surface area contributed by atoms with E-state index >= 15 is 0 Å². The number of hydrogen-bond donors (Lipinski definition) is 2. The van der Waals surface area contributed by atoms with Gasteiger partial charge < -0.3 is 15.2 Å². The number of benzene rings is 1. The Bertz CT molecular complexity index is 605. The number of carboxylic acid groups (broad SMARTS) is 1. The van der Waals surface area contributed by atoms with E-state index in [4.69, 9.17) is 5.11 Å². The molecule has 1 fully saturated rings. The molecule has 1 aromatic carbocycles. The summed E-state index contributed by atoms with van der Waals surface area (Å²) in [6, 6.07) is 3.75. The van der Waals surface area contributed by atoms with Crippen molar-refractivity contribution in [2.75, 3.05) is 6.67 Å². The summed E-state index contributed by atoms with van der Waals surface area (Å²) in [4.78, 5) is 22.5. The molecule has 0 aromatic heterocycles. The zero-order valence-corrected chi connectivity index (χ0v) is 11.6. The van der Waals surface area contributed by atoms with Crippen LogP contribution in [-0.4, -0.2) is 36.1 Å². The summed E-state index contributed by atoms with van der Waals surface area (Å²) >= 11 is 0. The van der Waals surface area contributed by atoms with Crippen LogP contribution in [0.3, 0.4) is 0 Å². The lowest BCUT2D eigenvalue weighted by atomic mass is 10.1. The molecule has 0 aliphatic heterocycles. The highest BCUT2D eigenvalue weighted by molar-refractivity contribution is 5.87. The lowest BCUT2D eigenvalue weighted by molar-refractivity contribution is -0.274. The van der Waals surface area contributed by atoms with Crippen molar-refractivity contribution >= 4 is 11.9 Å². The number of amides is 1. The fourth-order valence-corrected chi connectivity index (χ4v) is 2.28. The molecule has 0 spiro atoms. The molecule has 2 rings (SSSR count). The Morgan fingerprint density at radius 3 is 2.57 bits per heavy atom. The highest BCUT2D eigenvalue weighted by atomic mass is 19.4. The van der Waals surface area contributed by atoms with Gasteiger partial charge >= 0.3 is 12.3 Å². The molecule has 2 N–H and O–H groups in total. The van der Waals surface area contributed by atoms with Gasteiger partial charge in [0, 0.05) is 5.92 Å². The number of carbonyl (C=O) groups excluding carboxylic acids is 1. The van der Waals surface area contributed by atoms with E-state index in [1.54, 1.807) is 0 Å². The molecule has 3 unspecified atom stereocenters. The maximum Gasteiger partial charge on any atom is 0.573 e. The Kier molecular flexibility index (Phi) is 4.76. The number of carbonyl (C=O) groups is 2. The zero-order chi connectivity index (χ0) is 17.2. The molecule has 5 nitrogen and oxygen atoms in total. The third kappa shape index (κ3) is 4.33. The van der Waals surface area contributed by atoms with E-state index in [9.17, 15) is 27.2 Å². The lowest BCUT2D eigenvalue weighted by Gasteiger charge is -2.13. The van der Waals surface area contributed by atoms with Crippen LogP contribution >= 0.6 is 0 Å². The predicted molar refractivity (Wildman–Crippen MR) is 69.5 cm³/mol. The molecule has 1 aliphatic rings. The fourth-order valence-electron chi connectivity index (χ4n) is 2.28. The van der Waals surface area contributed by atoms with Gasteiger partial charge in [0.15, 0.2) is 6.04 Å². The summed E-state index contributed by atoms with van der Waals surface area (Å²) in [6.45, 7) is -1.27. The monoisotopic (exact) mass is 335 g/mol. The van der Waals surface area contributed by atoms with Crippen molar-refractivity contribution in [1.29, 1.82) is 0 Å². The maximum absolute atomic E-state index is 12.5. The number of halogens is 4. The minimum absolute atomic E-state index is 0.206. The molecule has 0 radical (unpaired) electrons. The predicted octanol–water partition coefficient (Wildman–Crippen LogP) is 2.23. The number of hydrogen-bond acceptors (Lipinski definition) is 3. The Morgan fingerprint density at radius 1 is 1.35 bits per heavy atom. The Morgan fingerprint density at radius 2 is 2.00 bits per heavy atom. The first-order valence-electron chi connectivity index (χ1n) is 6.66. The summed E-state index contributed by atoms with van der Waals surface area (Å²) in [5.41, 5.74) is 0.206. The first-order chi connectivity index (χ1) is 10.7. The van der Waals surface area contributed by atoms with E-state index in [1.165, 1.54) is 18.2 Å². The van der Waals surface area contributed by atoms with Gasteiger partial charge in [-0.3, -0.25) is 4.79 Å². The number of carboxylic acids is 1. The standard InChI is InChI=1S/C14H13F4NO4/c15-6-10(13(21)22)19-12(20)9-5-8(9)7-3-1-2-4-11(7)23-14(16,17)18/h1-4,8-10H,5-6H2,(H,19,20)(H,21,22). The summed E-state index contributed by atoms with van der Waals surface area (Å²) in [5, 5.41) is 10.7. The number of aliphatic carboxylic acids is 1. The van der Waals surface area contributed by atoms with Gasteiger partial charge in [0.05, 0.1) is 0 Å². The topological polar surface area (TPSA) is 75.6 Å². The molecular formula is C14H13F4NO4. The third-order valence-corrected chi connectivity index (χ3v) is 3.44. The first kappa shape index (κ1) is 17.0. The summed E-state index contributed by atoms with van der Waals surface area (Å²) in [5.74, 6) is -3.86. The Balaban J connectivity index is 2.06. The quantitative estimate of drug-likeness (QED) is 0.782. The highest BCUT2D eigenvalue weighted by Crippen LogP contribution is 2.51. The molecule has 1 amide bonds. The molecule has 3 atom stereocenters. The molecule has 9 heteroatoms. The fraction of sp³-hybridized carbons (Fsp3) is 0.429. The zero-order valence-electron chi connectivity index (χ0n) is 11.6. The van der Waals surface area contributed by atoms with Crippen LogP contribution in [0.1, 0.15) is 17.9 Å². The smallest absolute Gasteiger partial charge is 0.480 e. The molecule has 1 aromatic rings. The van der Waals surface area contributed by atoms with E-state index < -0.39 is 48.5 Å². The first-order valence-corrected chi connectivity index (χ1v) is 6.66. The number of nitrogens with one attached hydrogen (secondary N) is 1. The molecule has 0 heterocycles. The highest BCUT2D eigenvalue weighted by Gasteiger charge is 2.47. The SMILES string of the molecule is O=C(O)C(CF)NC(=O)C1CC1c1ccccc1OC(F)(F)F. The van der Waals surface area contributed by atoms with Crippen LogP contribution in [0.25, 0.3) is 0 Å². The lowest BCUT2D eigenvalue weighted by Crippen LogP contribution is -2.43. The normalized spacial score (nSPS) is 21.4. The number of ether oxygens (including phenoxy) is 1. The van der Waals surface area contributed by atoms with Crippen molar-refractivity contribution in [3.63, 3.8) is 0 Å². The van der Waals surface area contributed by atoms with Crippen molar-refractivity contribution in [2.24, 2.45) is 5.92 Å². The summed E-state index contributed by atoms with van der Waals surface area (Å²) in [7, 11) is 0. The summed E-state index contributed by atoms with van der Waals surface area (Å²) in [6.07, 6.45) is -4.62. The van der Waals surface area contributed by atoms with Crippen molar-refractivity contribution in [3.8, 4) is 5.75 Å². The second-order valence-electron chi connectivity index (χ2n) is 5.09. The van der Waals surface area contributed by atoms with Crippen LogP contribution in [0, 0.1) is 5.92 Å². The van der Waals surface area contributed by atoms with Crippen LogP contribution in [0.5, 0.6) is 5.75 Å². The average Bonchev–Trinajstić information content (AvgIpc) is 3.23. The van der Waals surface area contributed by atoms with Crippen LogP contribution in [0.2, 0.25) is 0 Å². The van der Waals surface area contributed by atoms with Gasteiger partial charge in [0.1, 0.15) is 12.4 Å². The van der Waals surface area contributed by atoms with E-state index in [2.05, 4.69) is 4.74 Å². The van der Waals surface area contributed by atoms with E-state index in [0.29, 0.717) is 0 Å². The number of para-hydroxylation sites is 1. The Labute approximate surface area is 128 Å². The largest absolute Gasteiger partial charge is 0.573 e. The van der Waals surface area contributed by atoms with E-state index in [0.717, 1.165) is 6.07 Å². The van der Waals surface area contributed by atoms with Crippen LogP contribution in [0.15, 0.2) is 24.3 Å². The van der Waals surface area contributed by atoms with Crippen molar-refractivity contribution in [1.82, 2.24) is 5.32 Å². The average molecular weight is 335 g/mol. The van der Waals surface area contributed by atoms with Gasteiger partial charge in [-0.15, -0.1) is 13.2 Å². The molecule has 1 saturated carbocycles. The minimum atomic E-state index is -4.86. The molecule has 1 aliphatic carbocycles. The molecule has 23 heavy (non-hydrogen) atoms. The molecule has 0 bridgehead atoms. The maximum atomic E-state index is 12.5.